The van der Waals surface area contributed by atoms with Crippen molar-refractivity contribution in [3.63, 3.8) is 0 Å². The van der Waals surface area contributed by atoms with Gasteiger partial charge in [0.2, 0.25) is 5.91 Å². The molecule has 4 aromatic rings. The Labute approximate surface area is 241 Å². The fraction of sp³-hybridized carbons (Fsp3) is 0.290. The summed E-state index contributed by atoms with van der Waals surface area (Å²) in [5.41, 5.74) is 1.66. The smallest absolute Gasteiger partial charge is 0.456 e. The van der Waals surface area contributed by atoms with Gasteiger partial charge in [0.05, 0.1) is 34.2 Å². The molecular weight excluding hydrogens is 539 g/mol. The Morgan fingerprint density at radius 2 is 1.66 bits per heavy atom. The van der Waals surface area contributed by atoms with Crippen molar-refractivity contribution in [1.82, 2.24) is 10.3 Å². The molecule has 1 amide bonds. The van der Waals surface area contributed by atoms with E-state index in [1.165, 1.54) is 12.1 Å². The monoisotopic (exact) mass is 574 g/mol. The SMILES string of the molecule is C.O=C(N[C@@H](CC1CC1)B(O)O)[C@H](Cc1ccccc1)CS(=O)(=O)c1ccc(Oc2cnc3ccccc3c2)cc1. The molecule has 1 saturated carbocycles. The number of benzene rings is 3. The largest absolute Gasteiger partial charge is 0.475 e. The molecule has 0 aliphatic heterocycles. The first-order chi connectivity index (χ1) is 19.3. The van der Waals surface area contributed by atoms with Crippen LogP contribution in [0.15, 0.2) is 96.0 Å². The summed E-state index contributed by atoms with van der Waals surface area (Å²) >= 11 is 0. The molecule has 1 heterocycles. The number of sulfone groups is 1. The Morgan fingerprint density at radius 1 is 0.976 bits per heavy atom. The lowest BCUT2D eigenvalue weighted by Gasteiger charge is -2.22. The lowest BCUT2D eigenvalue weighted by Crippen LogP contribution is -2.50. The number of fused-ring (bicyclic) bond motifs is 1. The van der Waals surface area contributed by atoms with E-state index in [9.17, 15) is 23.3 Å². The first kappa shape index (κ1) is 30.2. The second-order valence-corrected chi connectivity index (χ2v) is 12.3. The number of para-hydroxylation sites is 1. The molecule has 0 unspecified atom stereocenters. The van der Waals surface area contributed by atoms with Gasteiger partial charge in [-0.15, -0.1) is 0 Å². The second kappa shape index (κ2) is 13.3. The molecule has 214 valence electrons. The molecular formula is C31H35BN2O6S. The number of aromatic nitrogens is 1. The zero-order valence-corrected chi connectivity index (χ0v) is 22.7. The summed E-state index contributed by atoms with van der Waals surface area (Å²) in [6.45, 7) is 0. The van der Waals surface area contributed by atoms with Crippen LogP contribution in [0, 0.1) is 11.8 Å². The quantitative estimate of drug-likeness (QED) is 0.211. The standard InChI is InChI=1S/C30H31BN2O6S.CH4/c34-30(33-29(31(35)36)17-22-10-11-22)24(16-21-6-2-1-3-7-21)20-40(37,38)27-14-12-25(13-15-27)39-26-18-23-8-4-5-9-28(23)32-19-26;/h1-9,12-15,18-19,22,24,29,35-36H,10-11,16-17,20H2,(H,33,34);1H4/t24-,29+;/m1./s1. The molecule has 0 radical (unpaired) electrons. The molecule has 1 aromatic heterocycles. The van der Waals surface area contributed by atoms with Crippen LogP contribution in [0.1, 0.15) is 32.3 Å². The predicted octanol–water partition coefficient (Wildman–Crippen LogP) is 4.59. The van der Waals surface area contributed by atoms with Crippen LogP contribution in [0.25, 0.3) is 10.9 Å². The predicted molar refractivity (Wildman–Crippen MR) is 160 cm³/mol. The second-order valence-electron chi connectivity index (χ2n) is 10.3. The van der Waals surface area contributed by atoms with Crippen molar-refractivity contribution in [1.29, 1.82) is 0 Å². The van der Waals surface area contributed by atoms with Crippen molar-refractivity contribution in [3.8, 4) is 11.5 Å². The Hall–Kier alpha value is -3.73. The number of carbonyl (C=O) groups is 1. The topological polar surface area (TPSA) is 126 Å². The van der Waals surface area contributed by atoms with E-state index in [2.05, 4.69) is 10.3 Å². The number of amides is 1. The van der Waals surface area contributed by atoms with E-state index in [0.717, 1.165) is 29.3 Å². The Morgan fingerprint density at radius 3 is 2.34 bits per heavy atom. The third-order valence-corrected chi connectivity index (χ3v) is 8.90. The van der Waals surface area contributed by atoms with Crippen molar-refractivity contribution in [2.24, 2.45) is 11.8 Å². The number of carbonyl (C=O) groups excluding carboxylic acids is 1. The van der Waals surface area contributed by atoms with Gasteiger partial charge in [0.1, 0.15) is 11.5 Å². The number of nitrogens with one attached hydrogen (secondary N) is 1. The summed E-state index contributed by atoms with van der Waals surface area (Å²) in [5, 5.41) is 23.2. The van der Waals surface area contributed by atoms with Crippen LogP contribution in [0.3, 0.4) is 0 Å². The molecule has 0 bridgehead atoms. The minimum atomic E-state index is -3.86. The van der Waals surface area contributed by atoms with E-state index in [4.69, 9.17) is 4.74 Å². The maximum absolute atomic E-state index is 13.4. The third kappa shape index (κ3) is 8.16. The van der Waals surface area contributed by atoms with E-state index < -0.39 is 40.5 Å². The summed E-state index contributed by atoms with van der Waals surface area (Å²) < 4.78 is 32.7. The van der Waals surface area contributed by atoms with Crippen LogP contribution in [-0.4, -0.2) is 48.2 Å². The number of hydrogen-bond acceptors (Lipinski definition) is 7. The highest BCUT2D eigenvalue weighted by atomic mass is 32.2. The minimum Gasteiger partial charge on any atom is -0.456 e. The van der Waals surface area contributed by atoms with Gasteiger partial charge in [-0.1, -0.05) is 68.8 Å². The summed E-state index contributed by atoms with van der Waals surface area (Å²) in [6.07, 6.45) is 4.22. The lowest BCUT2D eigenvalue weighted by molar-refractivity contribution is -0.124. The Bertz CT molecular complexity index is 1560. The molecule has 3 N–H and O–H groups in total. The number of hydrogen-bond donors (Lipinski definition) is 3. The molecule has 2 atom stereocenters. The number of rotatable bonds is 12. The van der Waals surface area contributed by atoms with Gasteiger partial charge in [0, 0.05) is 5.39 Å². The first-order valence-corrected chi connectivity index (χ1v) is 15.0. The van der Waals surface area contributed by atoms with Crippen molar-refractivity contribution >= 4 is 33.8 Å². The zero-order chi connectivity index (χ0) is 28.1. The third-order valence-electron chi connectivity index (χ3n) is 7.07. The van der Waals surface area contributed by atoms with Crippen LogP contribution in [0.5, 0.6) is 11.5 Å². The normalized spacial score (nSPS) is 14.5. The van der Waals surface area contributed by atoms with Gasteiger partial charge in [-0.2, -0.15) is 0 Å². The average Bonchev–Trinajstić information content (AvgIpc) is 3.77. The average molecular weight is 575 g/mol. The van der Waals surface area contributed by atoms with Crippen LogP contribution >= 0.6 is 0 Å². The first-order valence-electron chi connectivity index (χ1n) is 13.3. The van der Waals surface area contributed by atoms with Crippen molar-refractivity contribution < 1.29 is 28.0 Å². The molecule has 8 nitrogen and oxygen atoms in total. The number of pyridine rings is 1. The molecule has 3 aromatic carbocycles. The summed E-state index contributed by atoms with van der Waals surface area (Å²) in [7, 11) is -5.58. The van der Waals surface area contributed by atoms with Gasteiger partial charge < -0.3 is 20.1 Å². The molecule has 1 aliphatic carbocycles. The van der Waals surface area contributed by atoms with Crippen molar-refractivity contribution in [2.75, 3.05) is 5.75 Å². The molecule has 41 heavy (non-hydrogen) atoms. The van der Waals surface area contributed by atoms with Gasteiger partial charge in [0.15, 0.2) is 9.84 Å². The zero-order valence-electron chi connectivity index (χ0n) is 21.9. The minimum absolute atomic E-state index is 0. The maximum Gasteiger partial charge on any atom is 0.475 e. The number of ether oxygens (including phenoxy) is 1. The number of nitrogens with zero attached hydrogens (tertiary/aromatic N) is 1. The molecule has 0 saturated heterocycles. The van der Waals surface area contributed by atoms with E-state index in [0.29, 0.717) is 23.8 Å². The Balaban J connectivity index is 0.00000387. The van der Waals surface area contributed by atoms with Gasteiger partial charge in [0.25, 0.3) is 0 Å². The molecule has 5 rings (SSSR count). The molecule has 0 spiro atoms. The van der Waals surface area contributed by atoms with Crippen LogP contribution < -0.4 is 10.1 Å². The maximum atomic E-state index is 13.4. The van der Waals surface area contributed by atoms with Gasteiger partial charge in [-0.05, 0) is 60.7 Å². The fourth-order valence-electron chi connectivity index (χ4n) is 4.71. The van der Waals surface area contributed by atoms with E-state index in [1.807, 2.05) is 60.7 Å². The van der Waals surface area contributed by atoms with Crippen LogP contribution in [-0.2, 0) is 21.1 Å². The summed E-state index contributed by atoms with van der Waals surface area (Å²) in [5.74, 6) is -1.39. The van der Waals surface area contributed by atoms with Crippen molar-refractivity contribution in [2.45, 2.75) is 43.9 Å². The molecule has 10 heteroatoms. The van der Waals surface area contributed by atoms with E-state index in [-0.39, 0.29) is 18.7 Å². The van der Waals surface area contributed by atoms with Gasteiger partial charge in [-0.3, -0.25) is 9.78 Å². The van der Waals surface area contributed by atoms with Gasteiger partial charge in [-0.25, -0.2) is 8.42 Å². The highest BCUT2D eigenvalue weighted by molar-refractivity contribution is 7.91. The fourth-order valence-corrected chi connectivity index (χ4v) is 6.26. The van der Waals surface area contributed by atoms with Gasteiger partial charge >= 0.3 is 7.12 Å². The van der Waals surface area contributed by atoms with Crippen LogP contribution in [0.2, 0.25) is 0 Å². The van der Waals surface area contributed by atoms with Crippen molar-refractivity contribution in [3.05, 3.63) is 96.7 Å². The Kier molecular flexibility index (Phi) is 9.80. The summed E-state index contributed by atoms with van der Waals surface area (Å²) in [4.78, 5) is 17.7. The highest BCUT2D eigenvalue weighted by Gasteiger charge is 2.35. The highest BCUT2D eigenvalue weighted by Crippen LogP contribution is 2.34. The molecule has 1 fully saturated rings. The lowest BCUT2D eigenvalue weighted by atomic mass is 9.76. The van der Waals surface area contributed by atoms with Crippen LogP contribution in [0.4, 0.5) is 0 Å². The molecule has 1 aliphatic rings. The summed E-state index contributed by atoms with van der Waals surface area (Å²) in [6, 6.07) is 24.8. The van der Waals surface area contributed by atoms with E-state index in [1.54, 1.807) is 18.3 Å². The van der Waals surface area contributed by atoms with E-state index >= 15 is 0 Å².